The second kappa shape index (κ2) is 5.18. The second-order valence-corrected chi connectivity index (χ2v) is 6.23. The Balaban J connectivity index is 1.80. The van der Waals surface area contributed by atoms with Gasteiger partial charge in [0.2, 0.25) is 0 Å². The van der Waals surface area contributed by atoms with Crippen LogP contribution in [-0.2, 0) is 0 Å². The number of halogens is 1. The summed E-state index contributed by atoms with van der Waals surface area (Å²) < 4.78 is 0. The number of hydrogen-bond acceptors (Lipinski definition) is 1. The summed E-state index contributed by atoms with van der Waals surface area (Å²) in [6.07, 6.45) is 8.63. The Kier molecular flexibility index (Phi) is 4.11. The molecule has 0 atom stereocenters. The molecule has 0 spiro atoms. The highest BCUT2D eigenvalue weighted by molar-refractivity contribution is 9.09. The van der Waals surface area contributed by atoms with E-state index < -0.39 is 0 Å². The average Bonchev–Trinajstić information content (AvgIpc) is 2.95. The van der Waals surface area contributed by atoms with Crippen molar-refractivity contribution in [2.24, 2.45) is 11.3 Å². The Morgan fingerprint density at radius 1 is 1.33 bits per heavy atom. The highest BCUT2D eigenvalue weighted by atomic mass is 79.9. The van der Waals surface area contributed by atoms with Crippen molar-refractivity contribution in [1.82, 2.24) is 4.90 Å². The van der Waals surface area contributed by atoms with Crippen molar-refractivity contribution in [3.8, 4) is 0 Å². The standard InChI is InChI=1S/C13H24BrN/c1-2-8-15(9-12-4-5-12)11-13(10-14)6-3-7-13/h12H,2-11H2,1H3. The Labute approximate surface area is 103 Å². The highest BCUT2D eigenvalue weighted by Gasteiger charge is 2.38. The van der Waals surface area contributed by atoms with Crippen LogP contribution in [0.3, 0.4) is 0 Å². The van der Waals surface area contributed by atoms with Crippen LogP contribution in [-0.4, -0.2) is 29.9 Å². The molecule has 2 heteroatoms. The molecule has 0 aromatic carbocycles. The molecule has 88 valence electrons. The third kappa shape index (κ3) is 3.20. The van der Waals surface area contributed by atoms with E-state index in [1.807, 2.05) is 0 Å². The molecule has 0 saturated heterocycles. The lowest BCUT2D eigenvalue weighted by molar-refractivity contribution is 0.0882. The molecule has 2 saturated carbocycles. The first-order chi connectivity index (χ1) is 7.28. The molecule has 0 unspecified atom stereocenters. The van der Waals surface area contributed by atoms with Gasteiger partial charge in [0.25, 0.3) is 0 Å². The fraction of sp³-hybridized carbons (Fsp3) is 1.00. The van der Waals surface area contributed by atoms with Crippen LogP contribution in [0.1, 0.15) is 45.4 Å². The van der Waals surface area contributed by atoms with Gasteiger partial charge < -0.3 is 4.90 Å². The zero-order valence-electron chi connectivity index (χ0n) is 9.97. The first kappa shape index (κ1) is 11.9. The van der Waals surface area contributed by atoms with Gasteiger partial charge in [-0.15, -0.1) is 0 Å². The van der Waals surface area contributed by atoms with Crippen LogP contribution >= 0.6 is 15.9 Å². The Bertz CT molecular complexity index is 191. The van der Waals surface area contributed by atoms with E-state index in [0.717, 1.165) is 5.92 Å². The van der Waals surface area contributed by atoms with E-state index in [9.17, 15) is 0 Å². The van der Waals surface area contributed by atoms with Crippen molar-refractivity contribution >= 4 is 15.9 Å². The normalized spacial score (nSPS) is 24.2. The molecule has 0 aromatic heterocycles. The molecular formula is C13H24BrN. The van der Waals surface area contributed by atoms with Crippen molar-refractivity contribution in [3.63, 3.8) is 0 Å². The van der Waals surface area contributed by atoms with Crippen molar-refractivity contribution in [2.45, 2.75) is 45.4 Å². The summed E-state index contributed by atoms with van der Waals surface area (Å²) in [5.41, 5.74) is 0.643. The second-order valence-electron chi connectivity index (χ2n) is 5.67. The van der Waals surface area contributed by atoms with Gasteiger partial charge in [0.15, 0.2) is 0 Å². The quantitative estimate of drug-likeness (QED) is 0.640. The number of hydrogen-bond donors (Lipinski definition) is 0. The number of rotatable bonds is 7. The summed E-state index contributed by atoms with van der Waals surface area (Å²) in [7, 11) is 0. The molecule has 15 heavy (non-hydrogen) atoms. The van der Waals surface area contributed by atoms with E-state index in [2.05, 4.69) is 27.8 Å². The predicted octanol–water partition coefficient (Wildman–Crippen LogP) is 3.67. The van der Waals surface area contributed by atoms with Gasteiger partial charge in [0, 0.05) is 18.4 Å². The van der Waals surface area contributed by atoms with Crippen molar-refractivity contribution in [3.05, 3.63) is 0 Å². The molecule has 0 radical (unpaired) electrons. The molecule has 0 amide bonds. The van der Waals surface area contributed by atoms with Crippen molar-refractivity contribution in [2.75, 3.05) is 25.0 Å². The fourth-order valence-electron chi connectivity index (χ4n) is 2.70. The molecule has 2 aliphatic carbocycles. The first-order valence-electron chi connectivity index (χ1n) is 6.56. The monoisotopic (exact) mass is 273 g/mol. The van der Waals surface area contributed by atoms with Gasteiger partial charge in [-0.2, -0.15) is 0 Å². The van der Waals surface area contributed by atoms with E-state index in [1.165, 1.54) is 63.5 Å². The summed E-state index contributed by atoms with van der Waals surface area (Å²) >= 11 is 3.72. The van der Waals surface area contributed by atoms with Crippen LogP contribution < -0.4 is 0 Å². The summed E-state index contributed by atoms with van der Waals surface area (Å²) in [5, 5.41) is 1.21. The summed E-state index contributed by atoms with van der Waals surface area (Å²) in [6.45, 7) is 6.35. The van der Waals surface area contributed by atoms with Crippen molar-refractivity contribution < 1.29 is 0 Å². The van der Waals surface area contributed by atoms with E-state index >= 15 is 0 Å². The van der Waals surface area contributed by atoms with E-state index in [4.69, 9.17) is 0 Å². The minimum absolute atomic E-state index is 0.643. The van der Waals surface area contributed by atoms with Crippen molar-refractivity contribution in [1.29, 1.82) is 0 Å². The summed E-state index contributed by atoms with van der Waals surface area (Å²) in [6, 6.07) is 0. The lowest BCUT2D eigenvalue weighted by Gasteiger charge is -2.44. The number of nitrogens with zero attached hydrogens (tertiary/aromatic N) is 1. The molecule has 2 aliphatic rings. The topological polar surface area (TPSA) is 3.24 Å². The van der Waals surface area contributed by atoms with Crippen LogP contribution in [0.4, 0.5) is 0 Å². The summed E-state index contributed by atoms with van der Waals surface area (Å²) in [4.78, 5) is 2.73. The van der Waals surface area contributed by atoms with Crippen LogP contribution in [0.5, 0.6) is 0 Å². The van der Waals surface area contributed by atoms with Gasteiger partial charge >= 0.3 is 0 Å². The third-order valence-corrected chi connectivity index (χ3v) is 5.20. The third-order valence-electron chi connectivity index (χ3n) is 4.01. The Morgan fingerprint density at radius 2 is 2.07 bits per heavy atom. The van der Waals surface area contributed by atoms with Gasteiger partial charge in [-0.3, -0.25) is 0 Å². The van der Waals surface area contributed by atoms with Gasteiger partial charge in [0.05, 0.1) is 0 Å². The van der Waals surface area contributed by atoms with Gasteiger partial charge in [-0.1, -0.05) is 29.3 Å². The van der Waals surface area contributed by atoms with Crippen LogP contribution in [0.25, 0.3) is 0 Å². The Morgan fingerprint density at radius 3 is 2.47 bits per heavy atom. The van der Waals surface area contributed by atoms with E-state index in [-0.39, 0.29) is 0 Å². The molecule has 2 fully saturated rings. The Hall–Kier alpha value is 0.440. The smallest absolute Gasteiger partial charge is 0.0100 e. The molecular weight excluding hydrogens is 250 g/mol. The van der Waals surface area contributed by atoms with E-state index in [1.54, 1.807) is 0 Å². The number of alkyl halides is 1. The maximum absolute atomic E-state index is 3.72. The summed E-state index contributed by atoms with van der Waals surface area (Å²) in [5.74, 6) is 1.05. The zero-order chi connectivity index (χ0) is 10.7. The zero-order valence-corrected chi connectivity index (χ0v) is 11.6. The van der Waals surface area contributed by atoms with Gasteiger partial charge in [-0.25, -0.2) is 0 Å². The molecule has 1 nitrogen and oxygen atoms in total. The first-order valence-corrected chi connectivity index (χ1v) is 7.68. The maximum Gasteiger partial charge on any atom is 0.0100 e. The molecule has 0 aromatic rings. The minimum atomic E-state index is 0.643. The minimum Gasteiger partial charge on any atom is -0.302 e. The highest BCUT2D eigenvalue weighted by Crippen LogP contribution is 2.43. The van der Waals surface area contributed by atoms with Crippen LogP contribution in [0.2, 0.25) is 0 Å². The lowest BCUT2D eigenvalue weighted by atomic mass is 9.70. The molecule has 0 bridgehead atoms. The SMILES string of the molecule is CCCN(CC1CC1)CC1(CBr)CCC1. The molecule has 0 aliphatic heterocycles. The molecule has 0 heterocycles. The molecule has 0 N–H and O–H groups in total. The van der Waals surface area contributed by atoms with E-state index in [0.29, 0.717) is 5.41 Å². The van der Waals surface area contributed by atoms with Crippen LogP contribution in [0, 0.1) is 11.3 Å². The predicted molar refractivity (Wildman–Crippen MR) is 69.5 cm³/mol. The van der Waals surface area contributed by atoms with Crippen LogP contribution in [0.15, 0.2) is 0 Å². The average molecular weight is 274 g/mol. The van der Waals surface area contributed by atoms with Gasteiger partial charge in [-0.05, 0) is 50.0 Å². The fourth-order valence-corrected chi connectivity index (χ4v) is 3.44. The molecule has 2 rings (SSSR count). The van der Waals surface area contributed by atoms with Gasteiger partial charge in [0.1, 0.15) is 0 Å². The largest absolute Gasteiger partial charge is 0.302 e. The lowest BCUT2D eigenvalue weighted by Crippen LogP contribution is -2.44. The maximum atomic E-state index is 3.72.